The summed E-state index contributed by atoms with van der Waals surface area (Å²) in [6.45, 7) is 7.34. The van der Waals surface area contributed by atoms with Crippen LogP contribution in [0.2, 0.25) is 0 Å². The normalized spacial score (nSPS) is 11.4. The highest BCUT2D eigenvalue weighted by Gasteiger charge is 2.18. The number of ether oxygens (including phenoxy) is 1. The van der Waals surface area contributed by atoms with Crippen LogP contribution in [0.4, 0.5) is 0 Å². The van der Waals surface area contributed by atoms with Gasteiger partial charge in [0.1, 0.15) is 6.61 Å². The van der Waals surface area contributed by atoms with Crippen molar-refractivity contribution >= 4 is 17.5 Å². The molecule has 0 N–H and O–H groups in total. The van der Waals surface area contributed by atoms with E-state index < -0.39 is 11.8 Å². The third-order valence-electron chi connectivity index (χ3n) is 1.37. The van der Waals surface area contributed by atoms with Gasteiger partial charge in [0.2, 0.25) is 5.71 Å². The minimum Gasteiger partial charge on any atom is -0.461 e. The highest BCUT2D eigenvalue weighted by atomic mass is 16.6. The molecule has 15 heavy (non-hydrogen) atoms. The van der Waals surface area contributed by atoms with E-state index in [0.29, 0.717) is 6.61 Å². The molecule has 0 rings (SSSR count). The molecule has 0 heterocycles. The van der Waals surface area contributed by atoms with Crippen LogP contribution in [0.15, 0.2) is 5.16 Å². The number of nitrogens with zero attached hydrogens (tertiary/aromatic N) is 1. The van der Waals surface area contributed by atoms with Gasteiger partial charge in [0, 0.05) is 6.92 Å². The standard InChI is InChI=1S/C10H17NO4/c1-5-14-10(13)9(8(4)12)11-15-6-7(2)3/h7H,5-6H2,1-4H3. The summed E-state index contributed by atoms with van der Waals surface area (Å²) >= 11 is 0. The fourth-order valence-corrected chi connectivity index (χ4v) is 0.696. The van der Waals surface area contributed by atoms with Crippen molar-refractivity contribution in [1.82, 2.24) is 0 Å². The van der Waals surface area contributed by atoms with Crippen molar-refractivity contribution in [2.75, 3.05) is 13.2 Å². The first-order chi connectivity index (χ1) is 6.99. The summed E-state index contributed by atoms with van der Waals surface area (Å²) in [5, 5.41) is 3.47. The van der Waals surface area contributed by atoms with Crippen LogP contribution in [0.3, 0.4) is 0 Å². The minimum absolute atomic E-state index is 0.204. The molecule has 0 spiro atoms. The van der Waals surface area contributed by atoms with Gasteiger partial charge in [-0.25, -0.2) is 4.79 Å². The van der Waals surface area contributed by atoms with E-state index in [4.69, 9.17) is 4.84 Å². The lowest BCUT2D eigenvalue weighted by atomic mass is 10.2. The lowest BCUT2D eigenvalue weighted by molar-refractivity contribution is -0.136. The molecule has 5 heteroatoms. The molecular weight excluding hydrogens is 198 g/mol. The number of oxime groups is 1. The van der Waals surface area contributed by atoms with Crippen molar-refractivity contribution in [1.29, 1.82) is 0 Å². The van der Waals surface area contributed by atoms with E-state index >= 15 is 0 Å². The van der Waals surface area contributed by atoms with Gasteiger partial charge in [-0.05, 0) is 12.8 Å². The van der Waals surface area contributed by atoms with Crippen LogP contribution in [0.1, 0.15) is 27.7 Å². The van der Waals surface area contributed by atoms with E-state index in [1.165, 1.54) is 6.92 Å². The van der Waals surface area contributed by atoms with Gasteiger partial charge in [-0.1, -0.05) is 19.0 Å². The van der Waals surface area contributed by atoms with Crippen LogP contribution < -0.4 is 0 Å². The predicted octanol–water partition coefficient (Wildman–Crippen LogP) is 1.17. The second-order valence-electron chi connectivity index (χ2n) is 3.41. The molecule has 0 aliphatic rings. The molecule has 0 aromatic rings. The molecule has 0 aromatic heterocycles. The summed E-state index contributed by atoms with van der Waals surface area (Å²) < 4.78 is 4.65. The second kappa shape index (κ2) is 6.98. The molecular formula is C10H17NO4. The van der Waals surface area contributed by atoms with Gasteiger partial charge < -0.3 is 9.57 Å². The van der Waals surface area contributed by atoms with Gasteiger partial charge in [0.05, 0.1) is 6.61 Å². The molecule has 0 radical (unpaired) electrons. The third kappa shape index (κ3) is 5.83. The molecule has 5 nitrogen and oxygen atoms in total. The fraction of sp³-hybridized carbons (Fsp3) is 0.700. The Kier molecular flexibility index (Phi) is 6.33. The van der Waals surface area contributed by atoms with E-state index in [1.54, 1.807) is 6.92 Å². The molecule has 0 aliphatic carbocycles. The number of carbonyl (C=O) groups is 2. The lowest BCUT2D eigenvalue weighted by Gasteiger charge is -2.04. The van der Waals surface area contributed by atoms with Crippen LogP contribution >= 0.6 is 0 Å². The smallest absolute Gasteiger partial charge is 0.364 e. The van der Waals surface area contributed by atoms with Crippen molar-refractivity contribution in [3.8, 4) is 0 Å². The molecule has 0 atom stereocenters. The van der Waals surface area contributed by atoms with E-state index in [-0.39, 0.29) is 18.2 Å². The summed E-state index contributed by atoms with van der Waals surface area (Å²) in [7, 11) is 0. The number of rotatable bonds is 6. The Morgan fingerprint density at radius 3 is 2.33 bits per heavy atom. The average molecular weight is 215 g/mol. The van der Waals surface area contributed by atoms with Gasteiger partial charge in [-0.3, -0.25) is 4.79 Å². The number of ketones is 1. The zero-order valence-corrected chi connectivity index (χ0v) is 9.57. The predicted molar refractivity (Wildman–Crippen MR) is 55.5 cm³/mol. The summed E-state index contributed by atoms with van der Waals surface area (Å²) in [5.41, 5.74) is -0.294. The lowest BCUT2D eigenvalue weighted by Crippen LogP contribution is -2.25. The molecule has 0 aliphatic heterocycles. The first-order valence-corrected chi connectivity index (χ1v) is 4.87. The van der Waals surface area contributed by atoms with E-state index in [0.717, 1.165) is 0 Å². The van der Waals surface area contributed by atoms with Crippen LogP contribution in [0.25, 0.3) is 0 Å². The Morgan fingerprint density at radius 2 is 1.93 bits per heavy atom. The maximum absolute atomic E-state index is 11.2. The Morgan fingerprint density at radius 1 is 1.33 bits per heavy atom. The number of hydrogen-bond donors (Lipinski definition) is 0. The third-order valence-corrected chi connectivity index (χ3v) is 1.37. The Labute approximate surface area is 89.4 Å². The van der Waals surface area contributed by atoms with E-state index in [9.17, 15) is 9.59 Å². The molecule has 86 valence electrons. The van der Waals surface area contributed by atoms with Crippen molar-refractivity contribution < 1.29 is 19.2 Å². The Balaban J connectivity index is 4.38. The quantitative estimate of drug-likeness (QED) is 0.289. The van der Waals surface area contributed by atoms with Gasteiger partial charge in [0.15, 0.2) is 5.78 Å². The van der Waals surface area contributed by atoms with Crippen molar-refractivity contribution in [3.05, 3.63) is 0 Å². The van der Waals surface area contributed by atoms with Crippen molar-refractivity contribution in [3.63, 3.8) is 0 Å². The molecule has 0 amide bonds. The van der Waals surface area contributed by atoms with Crippen molar-refractivity contribution in [2.24, 2.45) is 11.1 Å². The van der Waals surface area contributed by atoms with E-state index in [2.05, 4.69) is 9.89 Å². The number of carbonyl (C=O) groups excluding carboxylic acids is 2. The minimum atomic E-state index is -0.742. The van der Waals surface area contributed by atoms with Crippen LogP contribution in [0.5, 0.6) is 0 Å². The van der Waals surface area contributed by atoms with Crippen LogP contribution in [0, 0.1) is 5.92 Å². The first kappa shape index (κ1) is 13.6. The SMILES string of the molecule is CCOC(=O)C(=NOCC(C)C)C(C)=O. The molecule has 0 saturated carbocycles. The summed E-state index contributed by atoms with van der Waals surface area (Å²) in [4.78, 5) is 27.1. The largest absolute Gasteiger partial charge is 0.461 e. The maximum atomic E-state index is 11.2. The van der Waals surface area contributed by atoms with Gasteiger partial charge in [0.25, 0.3) is 0 Å². The second-order valence-corrected chi connectivity index (χ2v) is 3.41. The summed E-state index contributed by atoms with van der Waals surface area (Å²) in [6, 6.07) is 0. The molecule has 0 saturated heterocycles. The number of hydrogen-bond acceptors (Lipinski definition) is 5. The monoisotopic (exact) mass is 215 g/mol. The fourth-order valence-electron chi connectivity index (χ4n) is 0.696. The van der Waals surface area contributed by atoms with Crippen molar-refractivity contribution in [2.45, 2.75) is 27.7 Å². The van der Waals surface area contributed by atoms with Crippen LogP contribution in [-0.2, 0) is 19.2 Å². The van der Waals surface area contributed by atoms with Gasteiger partial charge in [-0.2, -0.15) is 0 Å². The average Bonchev–Trinajstić information content (AvgIpc) is 2.11. The van der Waals surface area contributed by atoms with Crippen LogP contribution in [-0.4, -0.2) is 30.7 Å². The van der Waals surface area contributed by atoms with E-state index in [1.807, 2.05) is 13.8 Å². The molecule has 0 aromatic carbocycles. The first-order valence-electron chi connectivity index (χ1n) is 4.87. The Bertz CT molecular complexity index is 258. The summed E-state index contributed by atoms with van der Waals surface area (Å²) in [5.74, 6) is -0.921. The van der Waals surface area contributed by atoms with Gasteiger partial charge >= 0.3 is 5.97 Å². The zero-order valence-electron chi connectivity index (χ0n) is 9.57. The topological polar surface area (TPSA) is 65.0 Å². The maximum Gasteiger partial charge on any atom is 0.364 e. The molecule has 0 unspecified atom stereocenters. The molecule has 0 fully saturated rings. The highest BCUT2D eigenvalue weighted by Crippen LogP contribution is 1.95. The zero-order chi connectivity index (χ0) is 11.8. The highest BCUT2D eigenvalue weighted by molar-refractivity contribution is 6.63. The summed E-state index contributed by atoms with van der Waals surface area (Å²) in [6.07, 6.45) is 0. The van der Waals surface area contributed by atoms with Gasteiger partial charge in [-0.15, -0.1) is 0 Å². The number of Topliss-reactive ketones (excluding diaryl/α,β-unsaturated/α-hetero) is 1. The Hall–Kier alpha value is -1.39. The number of esters is 1. The molecule has 0 bridgehead atoms.